The predicted molar refractivity (Wildman–Crippen MR) is 92.5 cm³/mol. The third-order valence-electron chi connectivity index (χ3n) is 4.94. The molecule has 0 aromatic heterocycles. The second-order valence-electron chi connectivity index (χ2n) is 6.27. The van der Waals surface area contributed by atoms with Gasteiger partial charge in [-0.1, -0.05) is 29.3 Å². The van der Waals surface area contributed by atoms with Gasteiger partial charge in [-0.15, -0.1) is 0 Å². The van der Waals surface area contributed by atoms with Crippen LogP contribution >= 0.6 is 23.2 Å². The second-order valence-corrected chi connectivity index (χ2v) is 7.11. The largest absolute Gasteiger partial charge is 0.446 e. The van der Waals surface area contributed by atoms with E-state index in [9.17, 15) is 5.26 Å². The molecule has 0 saturated carbocycles. The van der Waals surface area contributed by atoms with Crippen molar-refractivity contribution in [3.63, 3.8) is 0 Å². The number of benzene rings is 1. The van der Waals surface area contributed by atoms with Crippen LogP contribution in [0.4, 0.5) is 0 Å². The maximum absolute atomic E-state index is 9.66. The van der Waals surface area contributed by atoms with Crippen molar-refractivity contribution < 1.29 is 9.47 Å². The van der Waals surface area contributed by atoms with Gasteiger partial charge in [-0.2, -0.15) is 5.26 Å². The zero-order valence-corrected chi connectivity index (χ0v) is 15.1. The monoisotopic (exact) mass is 367 g/mol. The number of halogens is 2. The first-order chi connectivity index (χ1) is 11.4. The van der Waals surface area contributed by atoms with Crippen LogP contribution in [0.1, 0.15) is 17.9 Å². The Morgan fingerprint density at radius 1 is 1.46 bits per heavy atom. The number of nitrogens with zero attached hydrogens (tertiary/aromatic N) is 2. The van der Waals surface area contributed by atoms with Gasteiger partial charge >= 0.3 is 0 Å². The summed E-state index contributed by atoms with van der Waals surface area (Å²) in [5.41, 5.74) is 7.26. The zero-order chi connectivity index (χ0) is 17.5. The standard InChI is InChI=1S/C17H19Cl2N3O2/c1-22-6-5-17(23-2)13(9-22)15(12(8-20)16(21)24-17)11-4-3-10(18)7-14(11)19/h3-4,7,13,15H,5-6,9,21H2,1-2H3/t13-,15+,17+/m0/s1. The van der Waals surface area contributed by atoms with E-state index in [4.69, 9.17) is 38.4 Å². The topological polar surface area (TPSA) is 71.5 Å². The van der Waals surface area contributed by atoms with E-state index in [2.05, 4.69) is 11.0 Å². The first kappa shape index (κ1) is 17.4. The summed E-state index contributed by atoms with van der Waals surface area (Å²) in [4.78, 5) is 2.19. The average molecular weight is 368 g/mol. The summed E-state index contributed by atoms with van der Waals surface area (Å²) < 4.78 is 11.7. The molecular formula is C17H19Cl2N3O2. The Balaban J connectivity index is 2.18. The zero-order valence-electron chi connectivity index (χ0n) is 13.6. The van der Waals surface area contributed by atoms with E-state index >= 15 is 0 Å². The van der Waals surface area contributed by atoms with Crippen LogP contribution in [0.3, 0.4) is 0 Å². The lowest BCUT2D eigenvalue weighted by Crippen LogP contribution is -2.58. The number of hydrogen-bond acceptors (Lipinski definition) is 5. The lowest BCUT2D eigenvalue weighted by atomic mass is 9.72. The van der Waals surface area contributed by atoms with E-state index < -0.39 is 5.79 Å². The van der Waals surface area contributed by atoms with Gasteiger partial charge in [-0.05, 0) is 24.7 Å². The summed E-state index contributed by atoms with van der Waals surface area (Å²) in [6, 6.07) is 7.49. The van der Waals surface area contributed by atoms with Crippen molar-refractivity contribution >= 4 is 23.2 Å². The molecule has 0 spiro atoms. The van der Waals surface area contributed by atoms with Gasteiger partial charge in [0.1, 0.15) is 6.07 Å². The van der Waals surface area contributed by atoms with E-state index in [1.165, 1.54) is 0 Å². The Kier molecular flexibility index (Phi) is 4.67. The van der Waals surface area contributed by atoms with Crippen LogP contribution in [0, 0.1) is 17.2 Å². The van der Waals surface area contributed by atoms with Crippen molar-refractivity contribution in [3.8, 4) is 6.07 Å². The minimum absolute atomic E-state index is 0.108. The summed E-state index contributed by atoms with van der Waals surface area (Å²) in [6.07, 6.45) is 0.659. The number of nitriles is 1. The van der Waals surface area contributed by atoms with Crippen LogP contribution in [0.5, 0.6) is 0 Å². The molecule has 1 saturated heterocycles. The van der Waals surface area contributed by atoms with Gasteiger partial charge < -0.3 is 20.1 Å². The molecule has 24 heavy (non-hydrogen) atoms. The number of hydrogen-bond donors (Lipinski definition) is 1. The second kappa shape index (κ2) is 6.45. The van der Waals surface area contributed by atoms with Crippen LogP contribution in [-0.4, -0.2) is 37.9 Å². The van der Waals surface area contributed by atoms with Crippen molar-refractivity contribution in [2.45, 2.75) is 18.1 Å². The highest BCUT2D eigenvalue weighted by atomic mass is 35.5. The number of rotatable bonds is 2. The highest BCUT2D eigenvalue weighted by Crippen LogP contribution is 2.50. The molecule has 7 heteroatoms. The third kappa shape index (κ3) is 2.74. The fourth-order valence-electron chi connectivity index (χ4n) is 3.73. The lowest BCUT2D eigenvalue weighted by Gasteiger charge is -2.51. The molecule has 0 radical (unpaired) electrons. The molecule has 0 amide bonds. The molecule has 2 aliphatic rings. The van der Waals surface area contributed by atoms with E-state index in [1.54, 1.807) is 19.2 Å². The van der Waals surface area contributed by atoms with Gasteiger partial charge in [0.15, 0.2) is 0 Å². The predicted octanol–water partition coefficient (Wildman–Crippen LogP) is 3.10. The molecule has 2 aliphatic heterocycles. The van der Waals surface area contributed by atoms with Gasteiger partial charge in [0.2, 0.25) is 11.7 Å². The van der Waals surface area contributed by atoms with Gasteiger partial charge in [0.25, 0.3) is 0 Å². The summed E-state index contributed by atoms with van der Waals surface area (Å²) in [6.45, 7) is 1.52. The fraction of sp³-hybridized carbons (Fsp3) is 0.471. The number of fused-ring (bicyclic) bond motifs is 1. The van der Waals surface area contributed by atoms with Crippen LogP contribution in [0.15, 0.2) is 29.7 Å². The molecule has 0 bridgehead atoms. The number of piperidine rings is 1. The summed E-state index contributed by atoms with van der Waals surface area (Å²) >= 11 is 12.5. The van der Waals surface area contributed by atoms with Crippen molar-refractivity contribution in [2.75, 3.05) is 27.2 Å². The Labute approximate surface area is 151 Å². The first-order valence-electron chi connectivity index (χ1n) is 7.69. The molecule has 3 rings (SSSR count). The molecular weight excluding hydrogens is 349 g/mol. The quantitative estimate of drug-likeness (QED) is 0.869. The van der Waals surface area contributed by atoms with Gasteiger partial charge in [-0.3, -0.25) is 0 Å². The number of allylic oxidation sites excluding steroid dienone is 1. The molecule has 1 aromatic carbocycles. The molecule has 1 aromatic rings. The molecule has 128 valence electrons. The number of nitrogens with two attached hydrogens (primary N) is 1. The highest BCUT2D eigenvalue weighted by molar-refractivity contribution is 6.35. The van der Waals surface area contributed by atoms with Crippen molar-refractivity contribution in [1.29, 1.82) is 5.26 Å². The van der Waals surface area contributed by atoms with E-state index in [0.29, 0.717) is 28.6 Å². The molecule has 1 fully saturated rings. The van der Waals surface area contributed by atoms with Crippen molar-refractivity contribution in [2.24, 2.45) is 11.7 Å². The van der Waals surface area contributed by atoms with Crippen LogP contribution in [0.2, 0.25) is 10.0 Å². The minimum atomic E-state index is -0.857. The SMILES string of the molecule is CO[C@@]12CCN(C)C[C@H]1[C@H](c1ccc(Cl)cc1Cl)C(C#N)=C(N)O2. The van der Waals surface area contributed by atoms with Gasteiger partial charge in [-0.25, -0.2) is 0 Å². The van der Waals surface area contributed by atoms with Crippen LogP contribution in [-0.2, 0) is 9.47 Å². The molecule has 5 nitrogen and oxygen atoms in total. The summed E-state index contributed by atoms with van der Waals surface area (Å²) in [5.74, 6) is -1.17. The van der Waals surface area contributed by atoms with Crippen LogP contribution in [0.25, 0.3) is 0 Å². The number of ether oxygens (including phenoxy) is 2. The van der Waals surface area contributed by atoms with Gasteiger partial charge in [0.05, 0.1) is 5.57 Å². The Hall–Kier alpha value is -1.45. The molecule has 2 heterocycles. The van der Waals surface area contributed by atoms with E-state index in [-0.39, 0.29) is 17.7 Å². The fourth-order valence-corrected chi connectivity index (χ4v) is 4.25. The maximum atomic E-state index is 9.66. The normalized spacial score (nSPS) is 30.5. The highest BCUT2D eigenvalue weighted by Gasteiger charge is 2.54. The third-order valence-corrected chi connectivity index (χ3v) is 5.50. The first-order valence-corrected chi connectivity index (χ1v) is 8.45. The molecule has 0 aliphatic carbocycles. The van der Waals surface area contributed by atoms with Crippen LogP contribution < -0.4 is 5.73 Å². The minimum Gasteiger partial charge on any atom is -0.446 e. The van der Waals surface area contributed by atoms with Crippen molar-refractivity contribution in [3.05, 3.63) is 45.3 Å². The van der Waals surface area contributed by atoms with Crippen molar-refractivity contribution in [1.82, 2.24) is 4.90 Å². The van der Waals surface area contributed by atoms with E-state index in [1.807, 2.05) is 13.1 Å². The smallest absolute Gasteiger partial charge is 0.218 e. The maximum Gasteiger partial charge on any atom is 0.218 e. The number of likely N-dealkylation sites (tertiary alicyclic amines) is 1. The molecule has 2 N–H and O–H groups in total. The Bertz CT molecular complexity index is 731. The Morgan fingerprint density at radius 2 is 2.21 bits per heavy atom. The molecule has 0 unspecified atom stereocenters. The molecule has 3 atom stereocenters. The summed E-state index contributed by atoms with van der Waals surface area (Å²) in [7, 11) is 3.65. The van der Waals surface area contributed by atoms with E-state index in [0.717, 1.165) is 12.1 Å². The lowest BCUT2D eigenvalue weighted by molar-refractivity contribution is -0.264. The number of methoxy groups -OCH3 is 1. The summed E-state index contributed by atoms with van der Waals surface area (Å²) in [5, 5.41) is 10.7. The average Bonchev–Trinajstić information content (AvgIpc) is 2.55. The Morgan fingerprint density at radius 3 is 2.83 bits per heavy atom. The van der Waals surface area contributed by atoms with Gasteiger partial charge in [0, 0.05) is 48.5 Å².